The zero-order chi connectivity index (χ0) is 29.1. The molecular weight excluding hydrogens is 540 g/mol. The van der Waals surface area contributed by atoms with Crippen LogP contribution < -0.4 is 16.0 Å². The molecule has 0 saturated carbocycles. The Morgan fingerprint density at radius 1 is 1.05 bits per heavy atom. The lowest BCUT2D eigenvalue weighted by molar-refractivity contribution is -0.153. The Morgan fingerprint density at radius 2 is 1.78 bits per heavy atom. The molecule has 0 radical (unpaired) electrons. The van der Waals surface area contributed by atoms with E-state index in [9.17, 15) is 19.2 Å². The summed E-state index contributed by atoms with van der Waals surface area (Å²) in [6.45, 7) is 5.39. The van der Waals surface area contributed by atoms with Crippen LogP contribution >= 0.6 is 11.3 Å². The molecule has 2 atom stereocenters. The van der Waals surface area contributed by atoms with Crippen LogP contribution in [0.15, 0.2) is 54.6 Å². The first-order valence-corrected chi connectivity index (χ1v) is 14.5. The van der Waals surface area contributed by atoms with E-state index in [0.29, 0.717) is 30.1 Å². The summed E-state index contributed by atoms with van der Waals surface area (Å²) < 4.78 is 0. The quantitative estimate of drug-likeness (QED) is 0.380. The number of carbonyl (C=O) groups excluding carboxylic acids is 4. The molecule has 214 valence electrons. The second-order valence-electron chi connectivity index (χ2n) is 10.5. The van der Waals surface area contributed by atoms with Gasteiger partial charge in [0.15, 0.2) is 10.5 Å². The van der Waals surface area contributed by atoms with Gasteiger partial charge in [0.05, 0.1) is 11.6 Å². The number of benzene rings is 2. The van der Waals surface area contributed by atoms with Crippen molar-refractivity contribution in [3.05, 3.63) is 86.9 Å². The lowest BCUT2D eigenvalue weighted by Gasteiger charge is -2.38. The summed E-state index contributed by atoms with van der Waals surface area (Å²) in [4.78, 5) is 57.6. The number of aryl methyl sites for hydroxylation is 1. The second kappa shape index (κ2) is 11.8. The average Bonchev–Trinajstić information content (AvgIpc) is 3.59. The van der Waals surface area contributed by atoms with Crippen molar-refractivity contribution in [1.29, 1.82) is 0 Å². The number of hydrazine groups is 1. The van der Waals surface area contributed by atoms with E-state index < -0.39 is 17.4 Å². The first-order chi connectivity index (χ1) is 19.7. The van der Waals surface area contributed by atoms with Gasteiger partial charge in [-0.15, -0.1) is 11.3 Å². The zero-order valence-corrected chi connectivity index (χ0v) is 24.2. The Balaban J connectivity index is 1.41. The molecule has 0 aliphatic carbocycles. The smallest absolute Gasteiger partial charge is 0.280 e. The minimum absolute atomic E-state index is 0.0460. The number of thiazole rings is 1. The SMILES string of the molecule is CNC(=O)c1nc(C)c(C(=O)NC[C@@H](C)C(=O)N[C@]2(Cc3ccccc3)C(=O)N3CCCN3Cc3ccccc32)s1. The predicted molar refractivity (Wildman–Crippen MR) is 155 cm³/mol. The van der Waals surface area contributed by atoms with Crippen molar-refractivity contribution >= 4 is 35.0 Å². The number of hydrogen-bond acceptors (Lipinski definition) is 7. The van der Waals surface area contributed by atoms with Crippen LogP contribution in [0.2, 0.25) is 0 Å². The Hall–Kier alpha value is -4.09. The van der Waals surface area contributed by atoms with Crippen molar-refractivity contribution in [3.63, 3.8) is 0 Å². The Morgan fingerprint density at radius 3 is 2.54 bits per heavy atom. The van der Waals surface area contributed by atoms with E-state index in [2.05, 4.69) is 25.9 Å². The van der Waals surface area contributed by atoms with Crippen molar-refractivity contribution < 1.29 is 19.2 Å². The Kier molecular flexibility index (Phi) is 8.18. The third-order valence-electron chi connectivity index (χ3n) is 7.65. The number of fused-ring (bicyclic) bond motifs is 2. The van der Waals surface area contributed by atoms with Gasteiger partial charge in [0.1, 0.15) is 4.88 Å². The van der Waals surface area contributed by atoms with Crippen LogP contribution in [0.3, 0.4) is 0 Å². The fourth-order valence-electron chi connectivity index (χ4n) is 5.47. The zero-order valence-electron chi connectivity index (χ0n) is 23.4. The molecule has 0 unspecified atom stereocenters. The van der Waals surface area contributed by atoms with Gasteiger partial charge in [0, 0.05) is 39.6 Å². The predicted octanol–water partition coefficient (Wildman–Crippen LogP) is 2.39. The summed E-state index contributed by atoms with van der Waals surface area (Å²) >= 11 is 1.00. The third-order valence-corrected chi connectivity index (χ3v) is 8.80. The lowest BCUT2D eigenvalue weighted by Crippen LogP contribution is -2.60. The van der Waals surface area contributed by atoms with E-state index in [4.69, 9.17) is 0 Å². The monoisotopic (exact) mass is 574 g/mol. The van der Waals surface area contributed by atoms with Gasteiger partial charge in [0.2, 0.25) is 5.91 Å². The summed E-state index contributed by atoms with van der Waals surface area (Å²) in [6, 6.07) is 17.5. The molecule has 11 heteroatoms. The van der Waals surface area contributed by atoms with Gasteiger partial charge in [-0.25, -0.2) is 9.99 Å². The van der Waals surface area contributed by atoms with Crippen molar-refractivity contribution in [2.75, 3.05) is 26.7 Å². The average molecular weight is 575 g/mol. The highest BCUT2D eigenvalue weighted by atomic mass is 32.1. The normalized spacial score (nSPS) is 19.1. The summed E-state index contributed by atoms with van der Waals surface area (Å²) in [5.74, 6) is -1.91. The van der Waals surface area contributed by atoms with E-state index in [1.54, 1.807) is 18.9 Å². The highest BCUT2D eigenvalue weighted by Gasteiger charge is 2.50. The molecule has 2 aromatic carbocycles. The molecule has 3 heterocycles. The molecule has 0 spiro atoms. The van der Waals surface area contributed by atoms with Crippen molar-refractivity contribution in [1.82, 2.24) is 31.0 Å². The van der Waals surface area contributed by atoms with Crippen molar-refractivity contribution in [3.8, 4) is 0 Å². The summed E-state index contributed by atoms with van der Waals surface area (Å²) in [6.07, 6.45) is 1.16. The van der Waals surface area contributed by atoms with Gasteiger partial charge >= 0.3 is 0 Å². The lowest BCUT2D eigenvalue weighted by atomic mass is 9.80. The van der Waals surface area contributed by atoms with Gasteiger partial charge in [-0.1, -0.05) is 61.5 Å². The Labute approximate surface area is 243 Å². The topological polar surface area (TPSA) is 124 Å². The fourth-order valence-corrected chi connectivity index (χ4v) is 6.40. The van der Waals surface area contributed by atoms with Gasteiger partial charge in [-0.3, -0.25) is 24.2 Å². The number of nitrogens with zero attached hydrogens (tertiary/aromatic N) is 3. The number of nitrogens with one attached hydrogen (secondary N) is 3. The van der Waals surface area contributed by atoms with Crippen LogP contribution in [-0.4, -0.2) is 65.3 Å². The van der Waals surface area contributed by atoms with Crippen molar-refractivity contribution in [2.45, 2.75) is 38.8 Å². The van der Waals surface area contributed by atoms with Crippen LogP contribution in [0.1, 0.15) is 55.2 Å². The summed E-state index contributed by atoms with van der Waals surface area (Å²) in [7, 11) is 1.50. The number of rotatable bonds is 8. The number of amides is 4. The molecule has 2 aliphatic rings. The van der Waals surface area contributed by atoms with E-state index in [1.807, 2.05) is 54.6 Å². The van der Waals surface area contributed by atoms with Gasteiger partial charge in [0.25, 0.3) is 17.7 Å². The molecule has 1 aromatic heterocycles. The highest BCUT2D eigenvalue weighted by Crippen LogP contribution is 2.37. The standard InChI is InChI=1S/C30H34N6O4S/c1-19(17-32-26(38)24-20(2)33-28(41-24)27(39)31-3)25(37)34-30(16-21-10-5-4-6-11-21)23-13-8-7-12-22(23)18-35-14-9-15-36(35)29(30)40/h4-8,10-13,19H,9,14-18H2,1-3H3,(H,31,39)(H,32,38)(H,34,37)/t19-,30+/m1/s1. The van der Waals surface area contributed by atoms with Gasteiger partial charge in [-0.2, -0.15) is 0 Å². The molecule has 3 N–H and O–H groups in total. The molecular formula is C30H34N6O4S. The number of hydrogen-bond donors (Lipinski definition) is 3. The van der Waals surface area contributed by atoms with Crippen LogP contribution in [-0.2, 0) is 28.1 Å². The van der Waals surface area contributed by atoms with Crippen LogP contribution in [0, 0.1) is 12.8 Å². The minimum Gasteiger partial charge on any atom is -0.353 e. The van der Waals surface area contributed by atoms with E-state index in [1.165, 1.54) is 7.05 Å². The maximum atomic E-state index is 14.4. The minimum atomic E-state index is -1.32. The number of aromatic nitrogens is 1. The summed E-state index contributed by atoms with van der Waals surface area (Å²) in [5, 5.41) is 12.5. The Bertz CT molecular complexity index is 1470. The van der Waals surface area contributed by atoms with E-state index >= 15 is 0 Å². The van der Waals surface area contributed by atoms with Gasteiger partial charge < -0.3 is 16.0 Å². The maximum absolute atomic E-state index is 14.4. The molecule has 10 nitrogen and oxygen atoms in total. The fraction of sp³-hybridized carbons (Fsp3) is 0.367. The van der Waals surface area contributed by atoms with E-state index in [0.717, 1.165) is 41.0 Å². The van der Waals surface area contributed by atoms with Crippen molar-refractivity contribution in [2.24, 2.45) is 5.92 Å². The molecule has 3 aromatic rings. The molecule has 5 rings (SSSR count). The third kappa shape index (κ3) is 5.59. The molecule has 1 saturated heterocycles. The molecule has 2 aliphatic heterocycles. The second-order valence-corrected chi connectivity index (χ2v) is 11.5. The molecule has 4 amide bonds. The van der Waals surface area contributed by atoms with Crippen LogP contribution in [0.5, 0.6) is 0 Å². The van der Waals surface area contributed by atoms with Gasteiger partial charge in [-0.05, 0) is 30.0 Å². The maximum Gasteiger partial charge on any atom is 0.280 e. The molecule has 0 bridgehead atoms. The first-order valence-electron chi connectivity index (χ1n) is 13.7. The highest BCUT2D eigenvalue weighted by molar-refractivity contribution is 7.15. The molecule has 1 fully saturated rings. The largest absolute Gasteiger partial charge is 0.353 e. The molecule has 41 heavy (non-hydrogen) atoms. The number of carbonyl (C=O) groups is 4. The van der Waals surface area contributed by atoms with Crippen LogP contribution in [0.4, 0.5) is 0 Å². The van der Waals surface area contributed by atoms with Crippen LogP contribution in [0.25, 0.3) is 0 Å². The summed E-state index contributed by atoms with van der Waals surface area (Å²) in [5.41, 5.74) is 1.84. The van der Waals surface area contributed by atoms with E-state index in [-0.39, 0.29) is 29.3 Å². The first kappa shape index (κ1) is 28.4.